The minimum absolute atomic E-state index is 0.279. The minimum Gasteiger partial charge on any atom is -0.481 e. The summed E-state index contributed by atoms with van der Waals surface area (Å²) < 4.78 is 0. The number of carboxylic acids is 1. The molecule has 0 radical (unpaired) electrons. The third-order valence-electron chi connectivity index (χ3n) is 4.64. The van der Waals surface area contributed by atoms with Crippen molar-refractivity contribution in [2.45, 2.75) is 33.1 Å². The molecule has 3 rings (SSSR count). The maximum absolute atomic E-state index is 11.5. The topological polar surface area (TPSA) is 37.3 Å². The summed E-state index contributed by atoms with van der Waals surface area (Å²) in [6, 6.07) is 16.9. The third kappa shape index (κ3) is 3.37. The van der Waals surface area contributed by atoms with Gasteiger partial charge in [0, 0.05) is 0 Å². The van der Waals surface area contributed by atoms with Gasteiger partial charge in [-0.3, -0.25) is 4.79 Å². The number of benzene rings is 2. The maximum atomic E-state index is 11.5. The van der Waals surface area contributed by atoms with E-state index in [4.69, 9.17) is 0 Å². The molecule has 1 aliphatic rings. The molecule has 1 unspecified atom stereocenters. The van der Waals surface area contributed by atoms with E-state index >= 15 is 0 Å². The molecule has 0 heterocycles. The van der Waals surface area contributed by atoms with Crippen molar-refractivity contribution >= 4 is 17.1 Å². The molecule has 0 fully saturated rings. The van der Waals surface area contributed by atoms with Gasteiger partial charge in [-0.25, -0.2) is 0 Å². The molecule has 2 heteroatoms. The first-order chi connectivity index (χ1) is 11.0. The van der Waals surface area contributed by atoms with E-state index in [0.717, 1.165) is 12.0 Å². The summed E-state index contributed by atoms with van der Waals surface area (Å²) in [5, 5.41) is 9.44. The van der Waals surface area contributed by atoms with Crippen molar-refractivity contribution in [2.24, 2.45) is 5.92 Å². The lowest BCUT2D eigenvalue weighted by Gasteiger charge is -2.26. The van der Waals surface area contributed by atoms with Gasteiger partial charge in [0.25, 0.3) is 0 Å². The predicted molar refractivity (Wildman–Crippen MR) is 94.1 cm³/mol. The van der Waals surface area contributed by atoms with Gasteiger partial charge in [0.1, 0.15) is 0 Å². The number of rotatable bonds is 3. The summed E-state index contributed by atoms with van der Waals surface area (Å²) in [5.74, 6) is -0.961. The van der Waals surface area contributed by atoms with Crippen molar-refractivity contribution in [3.8, 4) is 0 Å². The molecule has 0 saturated carbocycles. The Labute approximate surface area is 137 Å². The van der Waals surface area contributed by atoms with Gasteiger partial charge in [-0.2, -0.15) is 0 Å². The zero-order chi connectivity index (χ0) is 16.4. The molecular formula is C21H22O2. The van der Waals surface area contributed by atoms with Gasteiger partial charge < -0.3 is 5.11 Å². The summed E-state index contributed by atoms with van der Waals surface area (Å²) >= 11 is 0. The van der Waals surface area contributed by atoms with Crippen LogP contribution in [0.25, 0.3) is 11.1 Å². The largest absolute Gasteiger partial charge is 0.481 e. The number of hydrogen-bond acceptors (Lipinski definition) is 1. The van der Waals surface area contributed by atoms with Crippen LogP contribution in [0.1, 0.15) is 41.5 Å². The van der Waals surface area contributed by atoms with Crippen LogP contribution < -0.4 is 0 Å². The number of carbonyl (C=O) groups is 1. The second-order valence-corrected chi connectivity index (χ2v) is 6.47. The van der Waals surface area contributed by atoms with Gasteiger partial charge in [0.05, 0.1) is 5.92 Å². The van der Waals surface area contributed by atoms with Crippen molar-refractivity contribution in [3.63, 3.8) is 0 Å². The molecule has 1 N–H and O–H groups in total. The molecule has 2 nitrogen and oxygen atoms in total. The van der Waals surface area contributed by atoms with Crippen LogP contribution in [0.2, 0.25) is 0 Å². The van der Waals surface area contributed by atoms with Crippen LogP contribution in [0.5, 0.6) is 0 Å². The maximum Gasteiger partial charge on any atom is 0.306 e. The number of carboxylic acid groups (broad SMARTS) is 1. The fraction of sp³-hybridized carbons (Fsp3) is 0.286. The lowest BCUT2D eigenvalue weighted by atomic mass is 9.78. The van der Waals surface area contributed by atoms with E-state index in [2.05, 4.69) is 62.4 Å². The fourth-order valence-electron chi connectivity index (χ4n) is 3.43. The van der Waals surface area contributed by atoms with Gasteiger partial charge in [0.2, 0.25) is 0 Å². The molecule has 2 aromatic carbocycles. The van der Waals surface area contributed by atoms with Crippen LogP contribution in [0.3, 0.4) is 0 Å². The number of hydrogen-bond donors (Lipinski definition) is 1. The van der Waals surface area contributed by atoms with E-state index < -0.39 is 5.97 Å². The Bertz CT molecular complexity index is 771. The highest BCUT2D eigenvalue weighted by Crippen LogP contribution is 2.41. The van der Waals surface area contributed by atoms with E-state index in [9.17, 15) is 9.90 Å². The summed E-state index contributed by atoms with van der Waals surface area (Å²) in [6.07, 6.45) is 2.15. The van der Waals surface area contributed by atoms with Crippen molar-refractivity contribution in [1.82, 2.24) is 0 Å². The predicted octanol–water partition coefficient (Wildman–Crippen LogP) is 5.10. The zero-order valence-corrected chi connectivity index (χ0v) is 13.7. The van der Waals surface area contributed by atoms with Gasteiger partial charge in [-0.15, -0.1) is 0 Å². The van der Waals surface area contributed by atoms with Gasteiger partial charge in [0.15, 0.2) is 0 Å². The number of allylic oxidation sites excluding steroid dienone is 2. The summed E-state index contributed by atoms with van der Waals surface area (Å²) in [6.45, 7) is 4.17. The SMILES string of the molecule is Cc1cccc(C2=C(c3cccc(C)c3)CC(C(=O)O)CC2)c1. The molecule has 0 saturated heterocycles. The Morgan fingerprint density at radius 1 is 0.957 bits per heavy atom. The van der Waals surface area contributed by atoms with Gasteiger partial charge in [-0.1, -0.05) is 59.7 Å². The summed E-state index contributed by atoms with van der Waals surface area (Å²) in [5.41, 5.74) is 7.32. The average Bonchev–Trinajstić information content (AvgIpc) is 2.54. The summed E-state index contributed by atoms with van der Waals surface area (Å²) in [4.78, 5) is 11.5. The first-order valence-electron chi connectivity index (χ1n) is 8.13. The normalized spacial score (nSPS) is 18.1. The standard InChI is InChI=1S/C21H22O2/c1-14-5-3-7-16(11-14)19-10-9-18(21(22)23)13-20(19)17-8-4-6-15(2)12-17/h3-8,11-12,18H,9-10,13H2,1-2H3,(H,22,23). The van der Waals surface area contributed by atoms with E-state index in [1.807, 2.05) is 0 Å². The quantitative estimate of drug-likeness (QED) is 0.856. The lowest BCUT2D eigenvalue weighted by molar-refractivity contribution is -0.141. The molecule has 23 heavy (non-hydrogen) atoms. The van der Waals surface area contributed by atoms with Crippen molar-refractivity contribution in [3.05, 3.63) is 70.8 Å². The van der Waals surface area contributed by atoms with E-state index in [1.54, 1.807) is 0 Å². The van der Waals surface area contributed by atoms with E-state index in [-0.39, 0.29) is 5.92 Å². The van der Waals surface area contributed by atoms with Crippen LogP contribution in [0.15, 0.2) is 48.5 Å². The Morgan fingerprint density at radius 2 is 1.52 bits per heavy atom. The second kappa shape index (κ2) is 6.41. The van der Waals surface area contributed by atoms with Crippen LogP contribution >= 0.6 is 0 Å². The first-order valence-corrected chi connectivity index (χ1v) is 8.13. The minimum atomic E-state index is -0.682. The molecule has 0 bridgehead atoms. The average molecular weight is 306 g/mol. The zero-order valence-electron chi connectivity index (χ0n) is 13.7. The lowest BCUT2D eigenvalue weighted by Crippen LogP contribution is -2.18. The molecule has 1 aliphatic carbocycles. The molecule has 2 aromatic rings. The van der Waals surface area contributed by atoms with E-state index in [0.29, 0.717) is 12.8 Å². The van der Waals surface area contributed by atoms with Crippen LogP contribution in [0, 0.1) is 19.8 Å². The Kier molecular flexibility index (Phi) is 4.33. The van der Waals surface area contributed by atoms with Gasteiger partial charge in [-0.05, 0) is 55.4 Å². The van der Waals surface area contributed by atoms with Crippen LogP contribution in [-0.2, 0) is 4.79 Å². The first kappa shape index (κ1) is 15.5. The van der Waals surface area contributed by atoms with Crippen molar-refractivity contribution in [2.75, 3.05) is 0 Å². The number of aliphatic carboxylic acids is 1. The highest BCUT2D eigenvalue weighted by Gasteiger charge is 2.27. The van der Waals surface area contributed by atoms with Crippen molar-refractivity contribution < 1.29 is 9.90 Å². The van der Waals surface area contributed by atoms with Crippen molar-refractivity contribution in [1.29, 1.82) is 0 Å². The smallest absolute Gasteiger partial charge is 0.306 e. The Morgan fingerprint density at radius 3 is 2.04 bits per heavy atom. The van der Waals surface area contributed by atoms with Crippen LogP contribution in [-0.4, -0.2) is 11.1 Å². The molecule has 0 aliphatic heterocycles. The van der Waals surface area contributed by atoms with E-state index in [1.165, 1.54) is 27.8 Å². The molecular weight excluding hydrogens is 284 g/mol. The molecule has 0 amide bonds. The molecule has 1 atom stereocenters. The summed E-state index contributed by atoms with van der Waals surface area (Å²) in [7, 11) is 0. The second-order valence-electron chi connectivity index (χ2n) is 6.47. The molecule has 0 spiro atoms. The monoisotopic (exact) mass is 306 g/mol. The highest BCUT2D eigenvalue weighted by molar-refractivity contribution is 5.93. The Balaban J connectivity index is 2.13. The highest BCUT2D eigenvalue weighted by atomic mass is 16.4. The third-order valence-corrected chi connectivity index (χ3v) is 4.64. The van der Waals surface area contributed by atoms with Crippen LogP contribution in [0.4, 0.5) is 0 Å². The Hall–Kier alpha value is -2.35. The number of aryl methyl sites for hydroxylation is 2. The fourth-order valence-corrected chi connectivity index (χ4v) is 3.43. The van der Waals surface area contributed by atoms with Gasteiger partial charge >= 0.3 is 5.97 Å². The molecule has 0 aromatic heterocycles. The molecule has 118 valence electrons.